The van der Waals surface area contributed by atoms with Gasteiger partial charge in [-0.05, 0) is 35.9 Å². The van der Waals surface area contributed by atoms with E-state index in [0.29, 0.717) is 11.4 Å². The molecule has 25 heavy (non-hydrogen) atoms. The molecule has 1 aliphatic rings. The SMILES string of the molecule is O=S(=O)(CCN1CCc2nc3ncccc3cc2C1)c1ccccc1. The maximum absolute atomic E-state index is 12.4. The van der Waals surface area contributed by atoms with E-state index in [1.54, 1.807) is 30.5 Å². The fourth-order valence-electron chi connectivity index (χ4n) is 3.21. The summed E-state index contributed by atoms with van der Waals surface area (Å²) in [4.78, 5) is 11.5. The fourth-order valence-corrected chi connectivity index (χ4v) is 4.52. The minimum atomic E-state index is -3.24. The Bertz CT molecular complexity index is 1000. The summed E-state index contributed by atoms with van der Waals surface area (Å²) in [6.45, 7) is 2.09. The molecule has 3 heterocycles. The van der Waals surface area contributed by atoms with E-state index in [-0.39, 0.29) is 5.75 Å². The molecular weight excluding hydrogens is 334 g/mol. The minimum absolute atomic E-state index is 0.134. The molecule has 0 radical (unpaired) electrons. The zero-order chi connectivity index (χ0) is 17.3. The van der Waals surface area contributed by atoms with Crippen LogP contribution in [0.2, 0.25) is 0 Å². The van der Waals surface area contributed by atoms with Crippen LogP contribution in [0, 0.1) is 0 Å². The van der Waals surface area contributed by atoms with E-state index in [2.05, 4.69) is 20.9 Å². The van der Waals surface area contributed by atoms with Gasteiger partial charge in [-0.25, -0.2) is 18.4 Å². The van der Waals surface area contributed by atoms with Crippen molar-refractivity contribution in [1.29, 1.82) is 0 Å². The standard InChI is InChI=1S/C19H19N3O2S/c23-25(24,17-6-2-1-3-7-17)12-11-22-10-8-18-16(14-22)13-15-5-4-9-20-19(15)21-18/h1-7,9,13H,8,10-12,14H2. The van der Waals surface area contributed by atoms with Crippen LogP contribution >= 0.6 is 0 Å². The van der Waals surface area contributed by atoms with Gasteiger partial charge in [0, 0.05) is 43.3 Å². The van der Waals surface area contributed by atoms with Crippen LogP contribution in [0.25, 0.3) is 11.0 Å². The number of aromatic nitrogens is 2. The molecule has 0 saturated carbocycles. The molecule has 0 atom stereocenters. The normalized spacial score (nSPS) is 15.2. The van der Waals surface area contributed by atoms with E-state index < -0.39 is 9.84 Å². The Morgan fingerprint density at radius 3 is 2.76 bits per heavy atom. The largest absolute Gasteiger partial charge is 0.298 e. The second kappa shape index (κ2) is 6.54. The lowest BCUT2D eigenvalue weighted by molar-refractivity contribution is 0.267. The topological polar surface area (TPSA) is 63.2 Å². The van der Waals surface area contributed by atoms with Gasteiger partial charge in [-0.3, -0.25) is 4.90 Å². The number of rotatable bonds is 4. The summed E-state index contributed by atoms with van der Waals surface area (Å²) < 4.78 is 24.9. The van der Waals surface area contributed by atoms with Gasteiger partial charge >= 0.3 is 0 Å². The van der Waals surface area contributed by atoms with Gasteiger partial charge in [-0.15, -0.1) is 0 Å². The first-order valence-electron chi connectivity index (χ1n) is 8.35. The summed E-state index contributed by atoms with van der Waals surface area (Å²) in [6.07, 6.45) is 2.58. The second-order valence-corrected chi connectivity index (χ2v) is 8.41. The molecule has 128 valence electrons. The van der Waals surface area contributed by atoms with Crippen LogP contribution in [0.4, 0.5) is 0 Å². The molecule has 1 aromatic carbocycles. The van der Waals surface area contributed by atoms with Gasteiger partial charge < -0.3 is 0 Å². The van der Waals surface area contributed by atoms with Gasteiger partial charge in [0.1, 0.15) is 0 Å². The fraction of sp³-hybridized carbons (Fsp3) is 0.263. The minimum Gasteiger partial charge on any atom is -0.298 e. The van der Waals surface area contributed by atoms with Crippen molar-refractivity contribution < 1.29 is 8.42 Å². The lowest BCUT2D eigenvalue weighted by Crippen LogP contribution is -2.34. The van der Waals surface area contributed by atoms with Gasteiger partial charge in [-0.1, -0.05) is 18.2 Å². The van der Waals surface area contributed by atoms with E-state index in [4.69, 9.17) is 0 Å². The maximum Gasteiger partial charge on any atom is 0.179 e. The highest BCUT2D eigenvalue weighted by Crippen LogP contribution is 2.21. The van der Waals surface area contributed by atoms with Crippen molar-refractivity contribution in [3.63, 3.8) is 0 Å². The third-order valence-corrected chi connectivity index (χ3v) is 6.31. The highest BCUT2D eigenvalue weighted by molar-refractivity contribution is 7.91. The van der Waals surface area contributed by atoms with Gasteiger partial charge in [0.05, 0.1) is 10.6 Å². The molecule has 3 aromatic rings. The summed E-state index contributed by atoms with van der Waals surface area (Å²) in [5, 5.41) is 1.03. The molecule has 5 nitrogen and oxygen atoms in total. The summed E-state index contributed by atoms with van der Waals surface area (Å²) in [5.74, 6) is 0.134. The number of fused-ring (bicyclic) bond motifs is 2. The number of sulfone groups is 1. The van der Waals surface area contributed by atoms with Crippen LogP contribution in [0.15, 0.2) is 59.6 Å². The quantitative estimate of drug-likeness (QED) is 0.721. The van der Waals surface area contributed by atoms with Crippen molar-refractivity contribution in [3.8, 4) is 0 Å². The van der Waals surface area contributed by atoms with E-state index in [1.807, 2.05) is 18.2 Å². The van der Waals surface area contributed by atoms with Crippen molar-refractivity contribution >= 4 is 20.9 Å². The molecule has 4 rings (SSSR count). The third kappa shape index (κ3) is 3.41. The molecule has 0 saturated heterocycles. The van der Waals surface area contributed by atoms with Crippen molar-refractivity contribution in [2.45, 2.75) is 17.9 Å². The molecular formula is C19H19N3O2S. The summed E-state index contributed by atoms with van der Waals surface area (Å²) in [5.41, 5.74) is 3.03. The Labute approximate surface area is 147 Å². The van der Waals surface area contributed by atoms with Crippen LogP contribution in [-0.4, -0.2) is 42.1 Å². The molecule has 0 unspecified atom stereocenters. The molecule has 0 amide bonds. The van der Waals surface area contributed by atoms with E-state index in [9.17, 15) is 8.42 Å². The number of benzene rings is 1. The Morgan fingerprint density at radius 2 is 1.92 bits per heavy atom. The Morgan fingerprint density at radius 1 is 1.08 bits per heavy atom. The zero-order valence-corrected chi connectivity index (χ0v) is 14.6. The lowest BCUT2D eigenvalue weighted by atomic mass is 10.0. The highest BCUT2D eigenvalue weighted by Gasteiger charge is 2.21. The highest BCUT2D eigenvalue weighted by atomic mass is 32.2. The predicted molar refractivity (Wildman–Crippen MR) is 97.0 cm³/mol. The van der Waals surface area contributed by atoms with Crippen LogP contribution in [0.1, 0.15) is 11.3 Å². The molecule has 2 aromatic heterocycles. The molecule has 1 aliphatic heterocycles. The Balaban J connectivity index is 1.48. The molecule has 0 fully saturated rings. The van der Waals surface area contributed by atoms with Crippen LogP contribution in [0.5, 0.6) is 0 Å². The van der Waals surface area contributed by atoms with E-state index >= 15 is 0 Å². The molecule has 0 spiro atoms. The number of hydrogen-bond donors (Lipinski definition) is 0. The number of nitrogens with zero attached hydrogens (tertiary/aromatic N) is 3. The average Bonchev–Trinajstić information content (AvgIpc) is 2.65. The molecule has 0 aliphatic carbocycles. The lowest BCUT2D eigenvalue weighted by Gasteiger charge is -2.28. The van der Waals surface area contributed by atoms with Crippen LogP contribution in [0.3, 0.4) is 0 Å². The first-order chi connectivity index (χ1) is 12.1. The van der Waals surface area contributed by atoms with E-state index in [1.165, 1.54) is 5.56 Å². The van der Waals surface area contributed by atoms with Crippen molar-refractivity contribution in [2.75, 3.05) is 18.8 Å². The van der Waals surface area contributed by atoms with Gasteiger partial charge in [-0.2, -0.15) is 0 Å². The molecule has 0 N–H and O–H groups in total. The van der Waals surface area contributed by atoms with E-state index in [0.717, 1.165) is 36.2 Å². The molecule has 0 bridgehead atoms. The van der Waals surface area contributed by atoms with Crippen molar-refractivity contribution in [1.82, 2.24) is 14.9 Å². The smallest absolute Gasteiger partial charge is 0.179 e. The zero-order valence-electron chi connectivity index (χ0n) is 13.8. The Hall–Kier alpha value is -2.31. The summed E-state index contributed by atoms with van der Waals surface area (Å²) >= 11 is 0. The second-order valence-electron chi connectivity index (χ2n) is 6.30. The van der Waals surface area contributed by atoms with Gasteiger partial charge in [0.2, 0.25) is 0 Å². The maximum atomic E-state index is 12.4. The monoisotopic (exact) mass is 353 g/mol. The Kier molecular flexibility index (Phi) is 4.23. The molecule has 6 heteroatoms. The van der Waals surface area contributed by atoms with Gasteiger partial charge in [0.25, 0.3) is 0 Å². The van der Waals surface area contributed by atoms with Crippen molar-refractivity contribution in [2.24, 2.45) is 0 Å². The first kappa shape index (κ1) is 16.2. The average molecular weight is 353 g/mol. The third-order valence-electron chi connectivity index (χ3n) is 4.60. The van der Waals surface area contributed by atoms with Gasteiger partial charge in [0.15, 0.2) is 15.5 Å². The predicted octanol–water partition coefficient (Wildman–Crippen LogP) is 2.46. The summed E-state index contributed by atoms with van der Waals surface area (Å²) in [7, 11) is -3.24. The first-order valence-corrected chi connectivity index (χ1v) is 10.0. The van der Waals surface area contributed by atoms with Crippen molar-refractivity contribution in [3.05, 3.63) is 66.0 Å². The van der Waals surface area contributed by atoms with Crippen LogP contribution < -0.4 is 0 Å². The number of pyridine rings is 2. The van der Waals surface area contributed by atoms with Crippen LogP contribution in [-0.2, 0) is 22.8 Å². The number of hydrogen-bond acceptors (Lipinski definition) is 5. The summed E-state index contributed by atoms with van der Waals surface area (Å²) in [6, 6.07) is 14.7.